The van der Waals surface area contributed by atoms with Crippen LogP contribution >= 0.6 is 11.8 Å². The minimum absolute atomic E-state index is 0.186. The fourth-order valence-electron chi connectivity index (χ4n) is 1.63. The van der Waals surface area contributed by atoms with Gasteiger partial charge in [0, 0.05) is 11.5 Å². The molecule has 6 heteroatoms. The molecular formula is C14H20N2O3S. The van der Waals surface area contributed by atoms with Crippen molar-refractivity contribution in [1.29, 1.82) is 0 Å². The highest BCUT2D eigenvalue weighted by Gasteiger charge is 2.13. The molecular weight excluding hydrogens is 276 g/mol. The lowest BCUT2D eigenvalue weighted by Crippen LogP contribution is -2.33. The van der Waals surface area contributed by atoms with Gasteiger partial charge in [-0.1, -0.05) is 24.3 Å². The lowest BCUT2D eigenvalue weighted by atomic mass is 10.00. The van der Waals surface area contributed by atoms with Crippen LogP contribution in [0.5, 0.6) is 0 Å². The van der Waals surface area contributed by atoms with Crippen molar-refractivity contribution >= 4 is 23.6 Å². The zero-order chi connectivity index (χ0) is 15.0. The zero-order valence-electron chi connectivity index (χ0n) is 11.7. The van der Waals surface area contributed by atoms with Gasteiger partial charge in [0.2, 0.25) is 5.91 Å². The smallest absolute Gasteiger partial charge is 0.306 e. The van der Waals surface area contributed by atoms with Gasteiger partial charge in [-0.3, -0.25) is 15.0 Å². The van der Waals surface area contributed by atoms with Crippen molar-refractivity contribution in [2.45, 2.75) is 25.0 Å². The molecule has 5 nitrogen and oxygen atoms in total. The molecule has 1 unspecified atom stereocenters. The van der Waals surface area contributed by atoms with Gasteiger partial charge in [0.1, 0.15) is 0 Å². The van der Waals surface area contributed by atoms with Crippen LogP contribution < -0.4 is 11.3 Å². The van der Waals surface area contributed by atoms with E-state index in [4.69, 9.17) is 5.84 Å². The van der Waals surface area contributed by atoms with E-state index in [1.165, 1.54) is 7.11 Å². The van der Waals surface area contributed by atoms with Crippen LogP contribution in [0.4, 0.5) is 0 Å². The largest absolute Gasteiger partial charge is 0.469 e. The zero-order valence-corrected chi connectivity index (χ0v) is 12.5. The number of nitrogens with two attached hydrogens (primary N) is 1. The van der Waals surface area contributed by atoms with Crippen molar-refractivity contribution in [3.63, 3.8) is 0 Å². The number of nitrogens with one attached hydrogen (secondary N) is 1. The van der Waals surface area contributed by atoms with Gasteiger partial charge in [0.25, 0.3) is 0 Å². The third-order valence-electron chi connectivity index (χ3n) is 2.96. The summed E-state index contributed by atoms with van der Waals surface area (Å²) >= 11 is 1.67. The second kappa shape index (κ2) is 8.60. The van der Waals surface area contributed by atoms with E-state index >= 15 is 0 Å². The Balaban J connectivity index is 2.43. The highest BCUT2D eigenvalue weighted by molar-refractivity contribution is 7.98. The molecule has 1 atom stereocenters. The quantitative estimate of drug-likeness (QED) is 0.262. The molecule has 0 heterocycles. The molecule has 3 N–H and O–H groups in total. The predicted molar refractivity (Wildman–Crippen MR) is 80.0 cm³/mol. The van der Waals surface area contributed by atoms with Crippen LogP contribution in [0.15, 0.2) is 24.3 Å². The number of thioether (sulfide) groups is 1. The van der Waals surface area contributed by atoms with Crippen molar-refractivity contribution in [3.05, 3.63) is 35.4 Å². The summed E-state index contributed by atoms with van der Waals surface area (Å²) in [4.78, 5) is 22.4. The van der Waals surface area contributed by atoms with Crippen molar-refractivity contribution < 1.29 is 14.3 Å². The van der Waals surface area contributed by atoms with Gasteiger partial charge in [0.05, 0.1) is 19.4 Å². The summed E-state index contributed by atoms with van der Waals surface area (Å²) in [6, 6.07) is 7.83. The van der Waals surface area contributed by atoms with Gasteiger partial charge in [-0.25, -0.2) is 5.84 Å². The maximum Gasteiger partial charge on any atom is 0.306 e. The first-order chi connectivity index (χ1) is 9.58. The fourth-order valence-corrected chi connectivity index (χ4v) is 2.51. The Bertz CT molecular complexity index is 448. The first kappa shape index (κ1) is 16.5. The van der Waals surface area contributed by atoms with Crippen molar-refractivity contribution in [1.82, 2.24) is 5.43 Å². The Labute approximate surface area is 123 Å². The highest BCUT2D eigenvalue weighted by atomic mass is 32.2. The number of carbonyl (C=O) groups is 2. The van der Waals surface area contributed by atoms with E-state index in [0.717, 1.165) is 22.6 Å². The molecule has 0 spiro atoms. The van der Waals surface area contributed by atoms with Gasteiger partial charge in [-0.05, 0) is 18.1 Å². The highest BCUT2D eigenvalue weighted by Crippen LogP contribution is 2.19. The minimum Gasteiger partial charge on any atom is -0.469 e. The van der Waals surface area contributed by atoms with E-state index in [-0.39, 0.29) is 17.8 Å². The van der Waals surface area contributed by atoms with Crippen LogP contribution in [0.25, 0.3) is 0 Å². The van der Waals surface area contributed by atoms with Crippen LogP contribution in [0, 0.1) is 0 Å². The van der Waals surface area contributed by atoms with E-state index in [1.807, 2.05) is 31.2 Å². The van der Waals surface area contributed by atoms with E-state index in [9.17, 15) is 9.59 Å². The van der Waals surface area contributed by atoms with E-state index in [1.54, 1.807) is 11.8 Å². The lowest BCUT2D eigenvalue weighted by molar-refractivity contribution is -0.140. The third kappa shape index (κ3) is 5.22. The van der Waals surface area contributed by atoms with Crippen molar-refractivity contribution in [3.8, 4) is 0 Å². The van der Waals surface area contributed by atoms with Gasteiger partial charge in [0.15, 0.2) is 0 Å². The average molecular weight is 296 g/mol. The second-order valence-corrected chi connectivity index (χ2v) is 5.46. The van der Waals surface area contributed by atoms with Crippen LogP contribution in [0.1, 0.15) is 30.4 Å². The summed E-state index contributed by atoms with van der Waals surface area (Å²) in [7, 11) is 1.39. The van der Waals surface area contributed by atoms with Crippen molar-refractivity contribution in [2.24, 2.45) is 5.84 Å². The molecule has 0 saturated heterocycles. The van der Waals surface area contributed by atoms with Gasteiger partial charge in [-0.15, -0.1) is 0 Å². The number of hydrogen-bond donors (Lipinski definition) is 2. The van der Waals surface area contributed by atoms with E-state index in [0.29, 0.717) is 6.42 Å². The number of esters is 1. The van der Waals surface area contributed by atoms with E-state index in [2.05, 4.69) is 10.2 Å². The van der Waals surface area contributed by atoms with Crippen LogP contribution in [0.3, 0.4) is 0 Å². The minimum atomic E-state index is -0.263. The Morgan fingerprint density at radius 2 is 2.00 bits per heavy atom. The van der Waals surface area contributed by atoms with E-state index < -0.39 is 0 Å². The Morgan fingerprint density at radius 1 is 1.35 bits per heavy atom. The number of rotatable bonds is 7. The molecule has 1 aromatic carbocycles. The molecule has 110 valence electrons. The number of benzene rings is 1. The molecule has 0 radical (unpaired) electrons. The Kier molecular flexibility index (Phi) is 7.11. The Morgan fingerprint density at radius 3 is 2.55 bits per heavy atom. The number of hydrogen-bond acceptors (Lipinski definition) is 5. The molecule has 20 heavy (non-hydrogen) atoms. The average Bonchev–Trinajstić information content (AvgIpc) is 2.50. The SMILES string of the molecule is COC(=O)CCSCc1ccc(C(C)C(=O)NN)cc1. The number of ether oxygens (including phenoxy) is 1. The summed E-state index contributed by atoms with van der Waals surface area (Å²) in [6.45, 7) is 1.81. The summed E-state index contributed by atoms with van der Waals surface area (Å²) in [6.07, 6.45) is 0.424. The number of amides is 1. The predicted octanol–water partition coefficient (Wildman–Crippen LogP) is 1.58. The summed E-state index contributed by atoms with van der Waals surface area (Å²) in [5.41, 5.74) is 4.23. The lowest BCUT2D eigenvalue weighted by Gasteiger charge is -2.10. The maximum atomic E-state index is 11.4. The molecule has 0 fully saturated rings. The van der Waals surface area contributed by atoms with Crippen LogP contribution in [-0.2, 0) is 20.1 Å². The number of methoxy groups -OCH3 is 1. The number of carbonyl (C=O) groups excluding carboxylic acids is 2. The van der Waals surface area contributed by atoms with Gasteiger partial charge < -0.3 is 4.74 Å². The molecule has 0 aliphatic heterocycles. The molecule has 0 aromatic heterocycles. The molecule has 1 rings (SSSR count). The van der Waals surface area contributed by atoms with Crippen LogP contribution in [0.2, 0.25) is 0 Å². The molecule has 0 bridgehead atoms. The Hall–Kier alpha value is -1.53. The first-order valence-electron chi connectivity index (χ1n) is 6.32. The molecule has 0 aliphatic rings. The second-order valence-electron chi connectivity index (χ2n) is 4.35. The first-order valence-corrected chi connectivity index (χ1v) is 7.47. The monoisotopic (exact) mass is 296 g/mol. The number of hydrazine groups is 1. The summed E-state index contributed by atoms with van der Waals surface area (Å²) in [5.74, 6) is 6.03. The molecule has 0 aliphatic carbocycles. The summed E-state index contributed by atoms with van der Waals surface area (Å²) < 4.78 is 4.58. The fraction of sp³-hybridized carbons (Fsp3) is 0.429. The standard InChI is InChI=1S/C14H20N2O3S/c1-10(14(18)16-15)12-5-3-11(4-6-12)9-20-8-7-13(17)19-2/h3-6,10H,7-9,15H2,1-2H3,(H,16,18). The van der Waals surface area contributed by atoms with Gasteiger partial charge in [-0.2, -0.15) is 11.8 Å². The normalized spacial score (nSPS) is 11.8. The van der Waals surface area contributed by atoms with Crippen LogP contribution in [-0.4, -0.2) is 24.7 Å². The molecule has 0 saturated carbocycles. The topological polar surface area (TPSA) is 81.4 Å². The third-order valence-corrected chi connectivity index (χ3v) is 3.99. The summed E-state index contributed by atoms with van der Waals surface area (Å²) in [5, 5.41) is 0. The van der Waals surface area contributed by atoms with Crippen molar-refractivity contribution in [2.75, 3.05) is 12.9 Å². The van der Waals surface area contributed by atoms with Gasteiger partial charge >= 0.3 is 5.97 Å². The molecule has 1 aromatic rings. The maximum absolute atomic E-state index is 11.4. The molecule has 1 amide bonds.